The van der Waals surface area contributed by atoms with E-state index in [2.05, 4.69) is 5.32 Å². The van der Waals surface area contributed by atoms with E-state index in [1.54, 1.807) is 19.1 Å². The highest BCUT2D eigenvalue weighted by Gasteiger charge is 2.20. The minimum atomic E-state index is -0.324. The molecule has 0 aromatic heterocycles. The van der Waals surface area contributed by atoms with Gasteiger partial charge in [0.15, 0.2) is 0 Å². The summed E-state index contributed by atoms with van der Waals surface area (Å²) in [6.07, 6.45) is 7.22. The van der Waals surface area contributed by atoms with Crippen LogP contribution in [-0.4, -0.2) is 17.7 Å². The van der Waals surface area contributed by atoms with Gasteiger partial charge in [0, 0.05) is 5.71 Å². The lowest BCUT2D eigenvalue weighted by Crippen LogP contribution is -2.39. The predicted octanol–water partition coefficient (Wildman–Crippen LogP) is 1.59. The van der Waals surface area contributed by atoms with Crippen LogP contribution >= 0.6 is 0 Å². The molecule has 1 amide bonds. The second-order valence-electron chi connectivity index (χ2n) is 3.47. The first-order valence-electron chi connectivity index (χ1n) is 4.99. The van der Waals surface area contributed by atoms with Crippen molar-refractivity contribution in [2.45, 2.75) is 26.3 Å². The number of hydrogen-bond donors (Lipinski definition) is 2. The zero-order valence-electron chi connectivity index (χ0n) is 8.99. The molecule has 0 bridgehead atoms. The van der Waals surface area contributed by atoms with Gasteiger partial charge in [0.2, 0.25) is 5.91 Å². The van der Waals surface area contributed by atoms with Crippen molar-refractivity contribution in [1.29, 1.82) is 5.41 Å². The van der Waals surface area contributed by atoms with Crippen molar-refractivity contribution in [3.8, 4) is 0 Å². The van der Waals surface area contributed by atoms with Gasteiger partial charge < -0.3 is 15.5 Å². The monoisotopic (exact) mass is 208 g/mol. The summed E-state index contributed by atoms with van der Waals surface area (Å²) in [5, 5.41) is 10.3. The van der Waals surface area contributed by atoms with Crippen LogP contribution in [0, 0.1) is 11.3 Å². The Balaban J connectivity index is 2.53. The van der Waals surface area contributed by atoms with Crippen molar-refractivity contribution in [2.24, 2.45) is 5.92 Å². The molecule has 0 fully saturated rings. The van der Waals surface area contributed by atoms with E-state index in [-0.39, 0.29) is 17.9 Å². The molecule has 0 saturated heterocycles. The summed E-state index contributed by atoms with van der Waals surface area (Å²) in [6, 6.07) is -0.125. The van der Waals surface area contributed by atoms with Gasteiger partial charge in [-0.2, -0.15) is 0 Å². The van der Waals surface area contributed by atoms with E-state index < -0.39 is 0 Å². The van der Waals surface area contributed by atoms with Crippen LogP contribution in [0.15, 0.2) is 24.7 Å². The van der Waals surface area contributed by atoms with Gasteiger partial charge in [-0.3, -0.25) is 4.79 Å². The molecule has 0 saturated carbocycles. The van der Waals surface area contributed by atoms with Gasteiger partial charge in [-0.15, -0.1) is 0 Å². The molecular weight excluding hydrogens is 192 g/mol. The maximum absolute atomic E-state index is 11.7. The molecule has 1 unspecified atom stereocenters. The fourth-order valence-electron chi connectivity index (χ4n) is 1.42. The molecule has 1 aliphatic rings. The first kappa shape index (κ1) is 11.5. The van der Waals surface area contributed by atoms with Gasteiger partial charge in [0.1, 0.15) is 0 Å². The third-order valence-electron chi connectivity index (χ3n) is 2.29. The highest BCUT2D eigenvalue weighted by Crippen LogP contribution is 2.06. The Hall–Kier alpha value is -1.58. The number of rotatable bonds is 4. The summed E-state index contributed by atoms with van der Waals surface area (Å²) < 4.78 is 4.86. The van der Waals surface area contributed by atoms with Gasteiger partial charge in [0.05, 0.1) is 24.5 Å². The molecule has 1 rings (SSSR count). The third-order valence-corrected chi connectivity index (χ3v) is 2.29. The van der Waals surface area contributed by atoms with E-state index in [0.29, 0.717) is 12.1 Å². The SMILES string of the molecule is CCC(C(C)=N)C(=O)NC1C=COC=C1. The van der Waals surface area contributed by atoms with Crippen LogP contribution in [0.2, 0.25) is 0 Å². The highest BCUT2D eigenvalue weighted by molar-refractivity contribution is 6.01. The molecule has 15 heavy (non-hydrogen) atoms. The average molecular weight is 208 g/mol. The normalized spacial score (nSPS) is 16.9. The van der Waals surface area contributed by atoms with Gasteiger partial charge in [0.25, 0.3) is 0 Å². The van der Waals surface area contributed by atoms with E-state index >= 15 is 0 Å². The van der Waals surface area contributed by atoms with Crippen molar-refractivity contribution in [3.05, 3.63) is 24.7 Å². The summed E-state index contributed by atoms with van der Waals surface area (Å²) in [4.78, 5) is 11.7. The molecule has 0 aromatic rings. The van der Waals surface area contributed by atoms with Crippen LogP contribution in [0.3, 0.4) is 0 Å². The van der Waals surface area contributed by atoms with Crippen LogP contribution in [-0.2, 0) is 9.53 Å². The van der Waals surface area contributed by atoms with Crippen LogP contribution in [0.5, 0.6) is 0 Å². The predicted molar refractivity (Wildman–Crippen MR) is 58.5 cm³/mol. The van der Waals surface area contributed by atoms with E-state index in [9.17, 15) is 4.79 Å². The average Bonchev–Trinajstić information content (AvgIpc) is 2.19. The van der Waals surface area contributed by atoms with Gasteiger partial charge >= 0.3 is 0 Å². The van der Waals surface area contributed by atoms with E-state index in [1.807, 2.05) is 6.92 Å². The molecule has 0 spiro atoms. The lowest BCUT2D eigenvalue weighted by Gasteiger charge is -2.18. The second kappa shape index (κ2) is 5.34. The fourth-order valence-corrected chi connectivity index (χ4v) is 1.42. The Morgan fingerprint density at radius 2 is 2.13 bits per heavy atom. The summed E-state index contributed by atoms with van der Waals surface area (Å²) in [6.45, 7) is 3.56. The number of carbonyl (C=O) groups excluding carboxylic acids is 1. The Bertz CT molecular complexity index is 296. The molecule has 0 aliphatic carbocycles. The lowest BCUT2D eigenvalue weighted by atomic mass is 10.00. The molecule has 82 valence electrons. The Morgan fingerprint density at radius 1 is 1.53 bits per heavy atom. The number of nitrogens with one attached hydrogen (secondary N) is 2. The zero-order chi connectivity index (χ0) is 11.3. The van der Waals surface area contributed by atoms with Crippen molar-refractivity contribution in [1.82, 2.24) is 5.32 Å². The number of ether oxygens (including phenoxy) is 1. The summed E-state index contributed by atoms with van der Waals surface area (Å²) in [5.74, 6) is -0.430. The summed E-state index contributed by atoms with van der Waals surface area (Å²) in [5.41, 5.74) is 0.398. The maximum Gasteiger partial charge on any atom is 0.229 e. The molecule has 0 radical (unpaired) electrons. The van der Waals surface area contributed by atoms with E-state index in [0.717, 1.165) is 0 Å². The smallest absolute Gasteiger partial charge is 0.229 e. The molecule has 1 heterocycles. The minimum absolute atomic E-state index is 0.105. The molecule has 0 aromatic carbocycles. The van der Waals surface area contributed by atoms with Crippen molar-refractivity contribution in [3.63, 3.8) is 0 Å². The van der Waals surface area contributed by atoms with E-state index in [4.69, 9.17) is 10.1 Å². The van der Waals surface area contributed by atoms with Crippen LogP contribution < -0.4 is 5.32 Å². The fraction of sp³-hybridized carbons (Fsp3) is 0.455. The molecule has 4 nitrogen and oxygen atoms in total. The highest BCUT2D eigenvalue weighted by atomic mass is 16.5. The topological polar surface area (TPSA) is 62.2 Å². The van der Waals surface area contributed by atoms with Crippen molar-refractivity contribution >= 4 is 11.6 Å². The number of hydrogen-bond acceptors (Lipinski definition) is 3. The third kappa shape index (κ3) is 3.23. The van der Waals surface area contributed by atoms with Gasteiger partial charge in [-0.25, -0.2) is 0 Å². The molecule has 2 N–H and O–H groups in total. The lowest BCUT2D eigenvalue weighted by molar-refractivity contribution is -0.123. The van der Waals surface area contributed by atoms with Crippen molar-refractivity contribution in [2.75, 3.05) is 0 Å². The Kier molecular flexibility index (Phi) is 4.09. The molecule has 1 aliphatic heterocycles. The summed E-state index contributed by atoms with van der Waals surface area (Å²) >= 11 is 0. The summed E-state index contributed by atoms with van der Waals surface area (Å²) in [7, 11) is 0. The maximum atomic E-state index is 11.7. The standard InChI is InChI=1S/C11H16N2O2/c1-3-10(8(2)12)11(14)13-9-4-6-15-7-5-9/h4-7,9-10,12H,3H2,1-2H3,(H,13,14). The first-order chi connectivity index (χ1) is 7.15. The first-order valence-corrected chi connectivity index (χ1v) is 4.99. The quantitative estimate of drug-likeness (QED) is 0.689. The Labute approximate surface area is 89.5 Å². The Morgan fingerprint density at radius 3 is 2.60 bits per heavy atom. The van der Waals surface area contributed by atoms with Crippen LogP contribution in [0.1, 0.15) is 20.3 Å². The number of carbonyl (C=O) groups is 1. The zero-order valence-corrected chi connectivity index (χ0v) is 8.99. The molecular formula is C11H16N2O2. The largest absolute Gasteiger partial charge is 0.473 e. The van der Waals surface area contributed by atoms with Crippen LogP contribution in [0.25, 0.3) is 0 Å². The minimum Gasteiger partial charge on any atom is -0.473 e. The van der Waals surface area contributed by atoms with Crippen molar-refractivity contribution < 1.29 is 9.53 Å². The van der Waals surface area contributed by atoms with E-state index in [1.165, 1.54) is 12.5 Å². The van der Waals surface area contributed by atoms with Gasteiger partial charge in [-0.1, -0.05) is 6.92 Å². The number of amides is 1. The van der Waals surface area contributed by atoms with Gasteiger partial charge in [-0.05, 0) is 25.5 Å². The molecule has 4 heteroatoms. The second-order valence-corrected chi connectivity index (χ2v) is 3.47. The van der Waals surface area contributed by atoms with Crippen LogP contribution in [0.4, 0.5) is 0 Å². The molecule has 1 atom stereocenters.